The number of rotatable bonds is 8. The van der Waals surface area contributed by atoms with Crippen LogP contribution in [0, 0.1) is 12.3 Å². The van der Waals surface area contributed by atoms with Crippen LogP contribution >= 0.6 is 35.7 Å². The Morgan fingerprint density at radius 2 is 1.37 bits per heavy atom. The van der Waals surface area contributed by atoms with Crippen LogP contribution in [0.25, 0.3) is 14.7 Å². The molecule has 4 aromatic rings. The van der Waals surface area contributed by atoms with Crippen molar-refractivity contribution in [3.63, 3.8) is 0 Å². The van der Waals surface area contributed by atoms with Gasteiger partial charge in [-0.25, -0.2) is 0 Å². The van der Waals surface area contributed by atoms with Crippen LogP contribution in [0.2, 0.25) is 0 Å². The molecule has 0 N–H and O–H groups in total. The minimum atomic E-state index is -1.87. The van der Waals surface area contributed by atoms with Crippen LogP contribution in [0.5, 0.6) is 0 Å². The van der Waals surface area contributed by atoms with Gasteiger partial charge >= 0.3 is 226 Å². The molecule has 1 nitrogen and oxygen atoms in total. The van der Waals surface area contributed by atoms with E-state index in [0.29, 0.717) is 5.71 Å². The molecular weight excluding hydrogens is 605 g/mol. The van der Waals surface area contributed by atoms with Crippen molar-refractivity contribution in [2.45, 2.75) is 11.0 Å². The van der Waals surface area contributed by atoms with Gasteiger partial charge in [0.25, 0.3) is 0 Å². The molecule has 1 atom stereocenters. The summed E-state index contributed by atoms with van der Waals surface area (Å²) >= 11 is 1.64. The molecule has 4 rings (SSSR count). The molecule has 1 unspecified atom stereocenters. The van der Waals surface area contributed by atoms with E-state index in [0.717, 1.165) is 14.5 Å². The molecule has 0 aliphatic rings. The van der Waals surface area contributed by atoms with Crippen molar-refractivity contribution in [1.82, 2.24) is 0 Å². The summed E-state index contributed by atoms with van der Waals surface area (Å²) in [7, 11) is 0. The minimum absolute atomic E-state index is 0.0234. The van der Waals surface area contributed by atoms with Crippen molar-refractivity contribution in [3.05, 3.63) is 137 Å². The van der Waals surface area contributed by atoms with Gasteiger partial charge in [-0.3, -0.25) is 0 Å². The van der Waals surface area contributed by atoms with Gasteiger partial charge in [-0.15, -0.1) is 0 Å². The van der Waals surface area contributed by atoms with Gasteiger partial charge < -0.3 is 0 Å². The molecule has 0 aliphatic carbocycles. The Morgan fingerprint density at radius 3 is 1.91 bits per heavy atom. The number of nitrogens with zero attached hydrogens (tertiary/aromatic N) is 1. The van der Waals surface area contributed by atoms with Gasteiger partial charge in [0.05, 0.1) is 0 Å². The van der Waals surface area contributed by atoms with Crippen LogP contribution in [0.4, 0.5) is 0 Å². The second-order valence-corrected chi connectivity index (χ2v) is 15.1. The second kappa shape index (κ2) is 12.2. The molecule has 4 aromatic carbocycles. The van der Waals surface area contributed by atoms with E-state index in [1.165, 1.54) is 25.8 Å². The summed E-state index contributed by atoms with van der Waals surface area (Å²) < 4.78 is 3.38. The first-order valence-electron chi connectivity index (χ1n) is 11.4. The Balaban J connectivity index is 1.69. The molecule has 0 saturated carbocycles. The van der Waals surface area contributed by atoms with Crippen molar-refractivity contribution in [1.29, 1.82) is 0 Å². The predicted molar refractivity (Wildman–Crippen MR) is 164 cm³/mol. The Hall–Kier alpha value is -2.94. The third-order valence-corrected chi connectivity index (χ3v) is 12.6. The van der Waals surface area contributed by atoms with Gasteiger partial charge in [-0.2, -0.15) is 0 Å². The molecule has 0 fully saturated rings. The summed E-state index contributed by atoms with van der Waals surface area (Å²) in [6.07, 6.45) is 5.95. The van der Waals surface area contributed by atoms with E-state index >= 15 is 0 Å². The van der Waals surface area contributed by atoms with E-state index in [9.17, 15) is 0 Å². The molecule has 0 spiro atoms. The van der Waals surface area contributed by atoms with Gasteiger partial charge in [0, 0.05) is 0 Å². The fraction of sp³-hybridized carbons (Fsp3) is 0.0938. The SMILES string of the molecule is C#C/C(=N\C(c1ccccc1)I(CC)C(=C)c1ccc(-c2ccc(Br)cc2)cc1)c1ccccc1. The molecule has 0 aromatic heterocycles. The quantitative estimate of drug-likeness (QED) is 0.0604. The molecule has 0 bridgehead atoms. The number of terminal acetylenes is 1. The van der Waals surface area contributed by atoms with Crippen molar-refractivity contribution < 1.29 is 0 Å². The Morgan fingerprint density at radius 1 is 0.829 bits per heavy atom. The van der Waals surface area contributed by atoms with E-state index in [1.54, 1.807) is 0 Å². The fourth-order valence-corrected chi connectivity index (χ4v) is 9.65. The Labute approximate surface area is 224 Å². The molecule has 174 valence electrons. The maximum atomic E-state index is 5.95. The number of aliphatic imine (C=N–C) groups is 1. The van der Waals surface area contributed by atoms with Gasteiger partial charge in [0.2, 0.25) is 0 Å². The fourth-order valence-electron chi connectivity index (χ4n) is 3.86. The van der Waals surface area contributed by atoms with Crippen LogP contribution in [-0.4, -0.2) is 10.1 Å². The van der Waals surface area contributed by atoms with E-state index in [1.807, 2.05) is 36.4 Å². The Bertz CT molecular complexity index is 1340. The monoisotopic (exact) mass is 631 g/mol. The standard InChI is InChI=1S/C32H27BrIN/c1-4-31(28-12-8-6-9-13-28)35-32(29-14-10-7-11-15-29)34(5-2)24(3)25-16-18-26(19-17-25)27-20-22-30(33)23-21-27/h1,6-23,32H,3,5H2,2H3/b35-31+. The van der Waals surface area contributed by atoms with E-state index in [4.69, 9.17) is 11.4 Å². The maximum absolute atomic E-state index is 5.95. The zero-order valence-electron chi connectivity index (χ0n) is 19.7. The summed E-state index contributed by atoms with van der Waals surface area (Å²) in [5.74, 6) is 2.85. The van der Waals surface area contributed by atoms with E-state index < -0.39 is 19.8 Å². The van der Waals surface area contributed by atoms with Gasteiger partial charge in [0.15, 0.2) is 0 Å². The summed E-state index contributed by atoms with van der Waals surface area (Å²) in [6.45, 7) is 6.86. The first-order valence-corrected chi connectivity index (χ1v) is 16.1. The van der Waals surface area contributed by atoms with Crippen molar-refractivity contribution in [3.8, 4) is 23.5 Å². The number of halogens is 2. The summed E-state index contributed by atoms with van der Waals surface area (Å²) in [5.41, 5.74) is 6.47. The van der Waals surface area contributed by atoms with Crippen LogP contribution in [0.1, 0.15) is 27.7 Å². The molecule has 0 heterocycles. The third kappa shape index (κ3) is 6.20. The van der Waals surface area contributed by atoms with Crippen LogP contribution in [-0.2, 0) is 0 Å². The van der Waals surface area contributed by atoms with E-state index in [2.05, 4.69) is 108 Å². The zero-order valence-corrected chi connectivity index (χ0v) is 23.4. The molecule has 35 heavy (non-hydrogen) atoms. The number of hydrogen-bond acceptors (Lipinski definition) is 1. The molecule has 3 heteroatoms. The number of alkyl halides is 2. The van der Waals surface area contributed by atoms with Gasteiger partial charge in [0.1, 0.15) is 0 Å². The average Bonchev–Trinajstić information content (AvgIpc) is 2.92. The summed E-state index contributed by atoms with van der Waals surface area (Å²) in [6, 6.07) is 37.8. The van der Waals surface area contributed by atoms with Gasteiger partial charge in [-0.05, 0) is 0 Å². The average molecular weight is 632 g/mol. The van der Waals surface area contributed by atoms with Crippen LogP contribution < -0.4 is 0 Å². The second-order valence-electron chi connectivity index (χ2n) is 7.89. The van der Waals surface area contributed by atoms with Crippen molar-refractivity contribution >= 4 is 45.0 Å². The third-order valence-electron chi connectivity index (χ3n) is 5.71. The molecule has 0 saturated heterocycles. The topological polar surface area (TPSA) is 12.4 Å². The molecule has 0 amide bonds. The predicted octanol–water partition coefficient (Wildman–Crippen LogP) is 9.43. The zero-order chi connectivity index (χ0) is 24.6. The Kier molecular flexibility index (Phi) is 8.74. The van der Waals surface area contributed by atoms with Crippen molar-refractivity contribution in [2.75, 3.05) is 4.43 Å². The normalized spacial score (nSPS) is 12.5. The summed E-state index contributed by atoms with van der Waals surface area (Å²) in [4.78, 5) is 5.21. The first-order chi connectivity index (χ1) is 17.1. The van der Waals surface area contributed by atoms with Crippen molar-refractivity contribution in [2.24, 2.45) is 4.99 Å². The van der Waals surface area contributed by atoms with E-state index in [-0.39, 0.29) is 4.05 Å². The molecule has 0 radical (unpaired) electrons. The van der Waals surface area contributed by atoms with Gasteiger partial charge in [-0.1, -0.05) is 0 Å². The van der Waals surface area contributed by atoms with Crippen LogP contribution in [0.15, 0.2) is 125 Å². The summed E-state index contributed by atoms with van der Waals surface area (Å²) in [5, 5.41) is 0. The number of hydrogen-bond donors (Lipinski definition) is 0. The molecular formula is C32H27BrIN. The van der Waals surface area contributed by atoms with Crippen LogP contribution in [0.3, 0.4) is 0 Å². The number of benzene rings is 4. The first kappa shape index (κ1) is 25.2. The molecule has 0 aliphatic heterocycles.